The molecule has 1 aromatic heterocycles. The van der Waals surface area contributed by atoms with E-state index < -0.39 is 0 Å². The first-order valence-electron chi connectivity index (χ1n) is 8.98. The predicted octanol–water partition coefficient (Wildman–Crippen LogP) is 2.01. The van der Waals surface area contributed by atoms with E-state index in [1.54, 1.807) is 0 Å². The van der Waals surface area contributed by atoms with Crippen molar-refractivity contribution in [1.82, 2.24) is 9.80 Å². The second-order valence-corrected chi connectivity index (χ2v) is 7.88. The molecule has 0 saturated carbocycles. The van der Waals surface area contributed by atoms with Crippen molar-refractivity contribution < 1.29 is 14.3 Å². The van der Waals surface area contributed by atoms with Gasteiger partial charge < -0.3 is 14.4 Å². The number of nitrogens with zero attached hydrogens (tertiary/aromatic N) is 2. The van der Waals surface area contributed by atoms with E-state index in [1.807, 2.05) is 16.2 Å². The predicted molar refractivity (Wildman–Crippen MR) is 95.3 cm³/mol. The van der Waals surface area contributed by atoms with Crippen LogP contribution in [0.3, 0.4) is 0 Å². The molecule has 0 aliphatic carbocycles. The highest BCUT2D eigenvalue weighted by Gasteiger charge is 2.22. The third-order valence-electron chi connectivity index (χ3n) is 4.77. The van der Waals surface area contributed by atoms with Crippen LogP contribution in [-0.4, -0.2) is 68.3 Å². The molecule has 0 N–H and O–H groups in total. The maximum atomic E-state index is 12.2. The lowest BCUT2D eigenvalue weighted by molar-refractivity contribution is -0.138. The van der Waals surface area contributed by atoms with Gasteiger partial charge in [0, 0.05) is 55.0 Å². The number of hydrogen-bond acceptors (Lipinski definition) is 5. The molecule has 2 aliphatic rings. The Bertz CT molecular complexity index is 520. The summed E-state index contributed by atoms with van der Waals surface area (Å²) >= 11 is 1.90. The fourth-order valence-corrected chi connectivity index (χ4v) is 4.19. The fourth-order valence-electron chi connectivity index (χ4n) is 3.19. The van der Waals surface area contributed by atoms with Gasteiger partial charge in [-0.1, -0.05) is 6.92 Å². The van der Waals surface area contributed by atoms with Crippen molar-refractivity contribution >= 4 is 17.2 Å². The highest BCUT2D eigenvalue weighted by atomic mass is 32.1. The summed E-state index contributed by atoms with van der Waals surface area (Å²) in [6, 6.07) is 4.47. The lowest BCUT2D eigenvalue weighted by Gasteiger charge is -2.34. The molecule has 1 amide bonds. The topological polar surface area (TPSA) is 42.0 Å². The summed E-state index contributed by atoms with van der Waals surface area (Å²) in [6.45, 7) is 9.16. The molecule has 1 atom stereocenters. The molecule has 6 heteroatoms. The minimum Gasteiger partial charge on any atom is -0.381 e. The highest BCUT2D eigenvalue weighted by Crippen LogP contribution is 2.19. The van der Waals surface area contributed by atoms with E-state index in [1.165, 1.54) is 9.75 Å². The van der Waals surface area contributed by atoms with Crippen molar-refractivity contribution in [1.29, 1.82) is 0 Å². The molecule has 2 aliphatic heterocycles. The van der Waals surface area contributed by atoms with Crippen LogP contribution in [0.4, 0.5) is 0 Å². The molecular formula is C18H28N2O3S. The zero-order chi connectivity index (χ0) is 16.8. The normalized spacial score (nSPS) is 22.2. The molecule has 0 bridgehead atoms. The molecule has 134 valence electrons. The van der Waals surface area contributed by atoms with E-state index in [-0.39, 0.29) is 12.5 Å². The van der Waals surface area contributed by atoms with Gasteiger partial charge in [-0.05, 0) is 25.0 Å². The van der Waals surface area contributed by atoms with Crippen molar-refractivity contribution in [2.24, 2.45) is 5.92 Å². The maximum absolute atomic E-state index is 12.2. The summed E-state index contributed by atoms with van der Waals surface area (Å²) in [7, 11) is 0. The summed E-state index contributed by atoms with van der Waals surface area (Å²) in [5.41, 5.74) is 0. The summed E-state index contributed by atoms with van der Waals surface area (Å²) < 4.78 is 10.9. The first-order chi connectivity index (χ1) is 11.7. The van der Waals surface area contributed by atoms with Gasteiger partial charge in [0.05, 0.1) is 13.2 Å². The standard InChI is InChI=1S/C18H28N2O3S/c1-2-16-3-4-17(24-16)11-19-6-8-20(9-7-19)18(21)14-23-13-15-5-10-22-12-15/h3-4,15H,2,5-14H2,1H3. The van der Waals surface area contributed by atoms with Crippen LogP contribution < -0.4 is 0 Å². The number of thiophene rings is 1. The van der Waals surface area contributed by atoms with Crippen LogP contribution in [0.25, 0.3) is 0 Å². The second kappa shape index (κ2) is 8.94. The molecule has 5 nitrogen and oxygen atoms in total. The van der Waals surface area contributed by atoms with Gasteiger partial charge in [-0.15, -0.1) is 11.3 Å². The maximum Gasteiger partial charge on any atom is 0.248 e. The Morgan fingerprint density at radius 2 is 2.08 bits per heavy atom. The largest absolute Gasteiger partial charge is 0.381 e. The molecule has 0 radical (unpaired) electrons. The fraction of sp³-hybridized carbons (Fsp3) is 0.722. The quantitative estimate of drug-likeness (QED) is 0.753. The first kappa shape index (κ1) is 17.9. The monoisotopic (exact) mass is 352 g/mol. The van der Waals surface area contributed by atoms with Crippen molar-refractivity contribution in [3.8, 4) is 0 Å². The van der Waals surface area contributed by atoms with Crippen molar-refractivity contribution in [3.05, 3.63) is 21.9 Å². The van der Waals surface area contributed by atoms with Gasteiger partial charge in [-0.3, -0.25) is 9.69 Å². The van der Waals surface area contributed by atoms with E-state index in [0.717, 1.165) is 58.8 Å². The van der Waals surface area contributed by atoms with Crippen LogP contribution in [0.5, 0.6) is 0 Å². The van der Waals surface area contributed by atoms with Gasteiger partial charge in [0.15, 0.2) is 0 Å². The second-order valence-electron chi connectivity index (χ2n) is 6.62. The molecule has 2 saturated heterocycles. The number of carbonyl (C=O) groups excluding carboxylic acids is 1. The number of aryl methyl sites for hydroxylation is 1. The van der Waals surface area contributed by atoms with Crippen molar-refractivity contribution in [3.63, 3.8) is 0 Å². The van der Waals surface area contributed by atoms with Gasteiger partial charge >= 0.3 is 0 Å². The number of ether oxygens (including phenoxy) is 2. The Kier molecular flexibility index (Phi) is 6.66. The SMILES string of the molecule is CCc1ccc(CN2CCN(C(=O)COCC3CCOC3)CC2)s1. The number of amides is 1. The lowest BCUT2D eigenvalue weighted by Crippen LogP contribution is -2.49. The van der Waals surface area contributed by atoms with Gasteiger partial charge in [0.2, 0.25) is 5.91 Å². The molecule has 3 heterocycles. The van der Waals surface area contributed by atoms with Crippen LogP contribution in [0.15, 0.2) is 12.1 Å². The molecular weight excluding hydrogens is 324 g/mol. The third-order valence-corrected chi connectivity index (χ3v) is 5.99. The summed E-state index contributed by atoms with van der Waals surface area (Å²) in [4.78, 5) is 19.5. The Hall–Kier alpha value is -0.950. The number of carbonyl (C=O) groups is 1. The van der Waals surface area contributed by atoms with Gasteiger partial charge in [0.1, 0.15) is 6.61 Å². The zero-order valence-electron chi connectivity index (χ0n) is 14.5. The average molecular weight is 353 g/mol. The van der Waals surface area contributed by atoms with Crippen LogP contribution in [0.2, 0.25) is 0 Å². The van der Waals surface area contributed by atoms with Gasteiger partial charge in [-0.25, -0.2) is 0 Å². The lowest BCUT2D eigenvalue weighted by atomic mass is 10.1. The minimum atomic E-state index is 0.123. The number of rotatable bonds is 7. The number of piperazine rings is 1. The average Bonchev–Trinajstić information content (AvgIpc) is 3.27. The molecule has 0 aromatic carbocycles. The van der Waals surface area contributed by atoms with Crippen LogP contribution in [-0.2, 0) is 27.2 Å². The Morgan fingerprint density at radius 3 is 2.75 bits per heavy atom. The highest BCUT2D eigenvalue weighted by molar-refractivity contribution is 7.11. The Morgan fingerprint density at radius 1 is 1.29 bits per heavy atom. The van der Waals surface area contributed by atoms with Gasteiger partial charge in [0.25, 0.3) is 0 Å². The summed E-state index contributed by atoms with van der Waals surface area (Å²) in [5.74, 6) is 0.589. The van der Waals surface area contributed by atoms with E-state index in [4.69, 9.17) is 9.47 Å². The first-order valence-corrected chi connectivity index (χ1v) is 9.79. The third kappa shape index (κ3) is 5.02. The van der Waals surface area contributed by atoms with E-state index >= 15 is 0 Å². The minimum absolute atomic E-state index is 0.123. The number of hydrogen-bond donors (Lipinski definition) is 0. The summed E-state index contributed by atoms with van der Waals surface area (Å²) in [5, 5.41) is 0. The molecule has 1 aromatic rings. The molecule has 0 spiro atoms. The smallest absolute Gasteiger partial charge is 0.248 e. The molecule has 2 fully saturated rings. The molecule has 24 heavy (non-hydrogen) atoms. The van der Waals surface area contributed by atoms with E-state index in [0.29, 0.717) is 12.5 Å². The van der Waals surface area contributed by atoms with Crippen molar-refractivity contribution in [2.75, 3.05) is 52.6 Å². The van der Waals surface area contributed by atoms with Gasteiger partial charge in [-0.2, -0.15) is 0 Å². The molecule has 3 rings (SSSR count). The van der Waals surface area contributed by atoms with E-state index in [9.17, 15) is 4.79 Å². The zero-order valence-corrected chi connectivity index (χ0v) is 15.4. The summed E-state index contributed by atoms with van der Waals surface area (Å²) in [6.07, 6.45) is 2.16. The van der Waals surface area contributed by atoms with Crippen LogP contribution in [0.1, 0.15) is 23.1 Å². The van der Waals surface area contributed by atoms with Crippen LogP contribution in [0, 0.1) is 5.92 Å². The Balaban J connectivity index is 1.34. The Labute approximate surface area is 148 Å². The van der Waals surface area contributed by atoms with Crippen molar-refractivity contribution in [2.45, 2.75) is 26.3 Å². The van der Waals surface area contributed by atoms with Crippen LogP contribution >= 0.6 is 11.3 Å². The molecule has 1 unspecified atom stereocenters. The van der Waals surface area contributed by atoms with E-state index in [2.05, 4.69) is 24.0 Å².